The quantitative estimate of drug-likeness (QED) is 0.286. The molecule has 0 aromatic carbocycles. The lowest BCUT2D eigenvalue weighted by Gasteiger charge is -1.98. The molecule has 0 atom stereocenters. The van der Waals surface area contributed by atoms with Gasteiger partial charge >= 0.3 is 11.9 Å². The average Bonchev–Trinajstić information content (AvgIpc) is 2.27. The van der Waals surface area contributed by atoms with Gasteiger partial charge in [0.25, 0.3) is 0 Å². The second kappa shape index (κ2) is 9.36. The van der Waals surface area contributed by atoms with E-state index in [-0.39, 0.29) is 13.2 Å². The van der Waals surface area contributed by atoms with E-state index in [9.17, 15) is 9.59 Å². The predicted molar refractivity (Wildman–Crippen MR) is 58.0 cm³/mol. The van der Waals surface area contributed by atoms with E-state index >= 15 is 0 Å². The molecule has 0 aliphatic heterocycles. The van der Waals surface area contributed by atoms with Crippen molar-refractivity contribution >= 4 is 11.9 Å². The molecule has 0 aliphatic carbocycles. The van der Waals surface area contributed by atoms with E-state index in [2.05, 4.69) is 21.3 Å². The van der Waals surface area contributed by atoms with Gasteiger partial charge in [-0.3, -0.25) is 0 Å². The van der Waals surface area contributed by atoms with Gasteiger partial charge < -0.3 is 9.47 Å². The summed E-state index contributed by atoms with van der Waals surface area (Å²) in [5.74, 6) is 3.35. The van der Waals surface area contributed by atoms with Gasteiger partial charge in [-0.15, -0.1) is 24.7 Å². The van der Waals surface area contributed by atoms with Crippen LogP contribution in [0.5, 0.6) is 0 Å². The zero-order chi connectivity index (χ0) is 12.2. The number of carbonyl (C=O) groups excluding carboxylic acids is 2. The van der Waals surface area contributed by atoms with Crippen molar-refractivity contribution in [2.75, 3.05) is 13.2 Å². The van der Waals surface area contributed by atoms with Gasteiger partial charge in [-0.05, 0) is 0 Å². The molecule has 0 rings (SSSR count). The Balaban J connectivity index is 3.73. The highest BCUT2D eigenvalue weighted by Gasteiger charge is 1.99. The Morgan fingerprint density at radius 1 is 0.938 bits per heavy atom. The minimum Gasteiger partial charge on any atom is -0.462 e. The first kappa shape index (κ1) is 13.8. The van der Waals surface area contributed by atoms with Crippen LogP contribution in [0.15, 0.2) is 12.2 Å². The fourth-order valence-corrected chi connectivity index (χ4v) is 0.653. The van der Waals surface area contributed by atoms with Crippen LogP contribution in [-0.2, 0) is 19.1 Å². The van der Waals surface area contributed by atoms with Crippen molar-refractivity contribution in [2.45, 2.75) is 12.8 Å². The lowest BCUT2D eigenvalue weighted by molar-refractivity contribution is -0.140. The minimum atomic E-state index is -0.635. The predicted octanol–water partition coefficient (Wildman–Crippen LogP) is 0.676. The fourth-order valence-electron chi connectivity index (χ4n) is 0.653. The number of ether oxygens (including phenoxy) is 2. The molecule has 0 unspecified atom stereocenters. The second-order valence-corrected chi connectivity index (χ2v) is 2.58. The Morgan fingerprint density at radius 3 is 1.62 bits per heavy atom. The van der Waals surface area contributed by atoms with Crippen LogP contribution in [0.4, 0.5) is 0 Å². The van der Waals surface area contributed by atoms with E-state index < -0.39 is 11.9 Å². The summed E-state index contributed by atoms with van der Waals surface area (Å²) in [6.07, 6.45) is 12.6. The molecule has 0 bridgehead atoms. The molecule has 0 amide bonds. The highest BCUT2D eigenvalue weighted by molar-refractivity contribution is 5.91. The Morgan fingerprint density at radius 2 is 1.31 bits per heavy atom. The first-order valence-electron chi connectivity index (χ1n) is 4.59. The van der Waals surface area contributed by atoms with E-state index in [1.807, 2.05) is 0 Å². The van der Waals surface area contributed by atoms with Crippen molar-refractivity contribution in [3.63, 3.8) is 0 Å². The maximum Gasteiger partial charge on any atom is 0.331 e. The molecule has 0 saturated heterocycles. The molecule has 0 N–H and O–H groups in total. The van der Waals surface area contributed by atoms with E-state index in [1.54, 1.807) is 0 Å². The monoisotopic (exact) mass is 220 g/mol. The largest absolute Gasteiger partial charge is 0.462 e. The Kier molecular flexibility index (Phi) is 8.07. The fraction of sp³-hybridized carbons (Fsp3) is 0.333. The molecule has 0 heterocycles. The van der Waals surface area contributed by atoms with Gasteiger partial charge in [0.05, 0.1) is 0 Å². The van der Waals surface area contributed by atoms with Gasteiger partial charge in [0, 0.05) is 25.0 Å². The van der Waals surface area contributed by atoms with Crippen LogP contribution in [0.2, 0.25) is 0 Å². The third-order valence-corrected chi connectivity index (χ3v) is 1.34. The van der Waals surface area contributed by atoms with Crippen molar-refractivity contribution < 1.29 is 19.1 Å². The Hall–Kier alpha value is -2.20. The molecular formula is C12H12O4. The molecule has 4 heteroatoms. The molecule has 0 fully saturated rings. The highest BCUT2D eigenvalue weighted by atomic mass is 16.5. The zero-order valence-corrected chi connectivity index (χ0v) is 8.77. The molecule has 0 aliphatic rings. The molecular weight excluding hydrogens is 208 g/mol. The van der Waals surface area contributed by atoms with Crippen molar-refractivity contribution in [3.8, 4) is 24.7 Å². The maximum absolute atomic E-state index is 10.9. The van der Waals surface area contributed by atoms with Crippen LogP contribution < -0.4 is 0 Å². The Bertz CT molecular complexity index is 307. The van der Waals surface area contributed by atoms with Crippen LogP contribution in [-0.4, -0.2) is 25.2 Å². The summed E-state index contributed by atoms with van der Waals surface area (Å²) in [5, 5.41) is 0. The van der Waals surface area contributed by atoms with Crippen LogP contribution in [0.25, 0.3) is 0 Å². The number of terminal acetylenes is 2. The van der Waals surface area contributed by atoms with Gasteiger partial charge in [-0.2, -0.15) is 0 Å². The number of esters is 2. The van der Waals surface area contributed by atoms with Gasteiger partial charge in [-0.1, -0.05) is 0 Å². The maximum atomic E-state index is 10.9. The lowest BCUT2D eigenvalue weighted by atomic mass is 10.4. The van der Waals surface area contributed by atoms with E-state index in [4.69, 9.17) is 12.8 Å². The van der Waals surface area contributed by atoms with Gasteiger partial charge in [0.1, 0.15) is 13.2 Å². The number of rotatable bonds is 6. The van der Waals surface area contributed by atoms with Crippen molar-refractivity contribution in [1.29, 1.82) is 0 Å². The Labute approximate surface area is 94.6 Å². The normalized spacial score (nSPS) is 9.12. The molecule has 0 saturated carbocycles. The van der Waals surface area contributed by atoms with E-state index in [1.165, 1.54) is 0 Å². The van der Waals surface area contributed by atoms with Crippen molar-refractivity contribution in [2.24, 2.45) is 0 Å². The molecule has 16 heavy (non-hydrogen) atoms. The van der Waals surface area contributed by atoms with E-state index in [0.29, 0.717) is 12.8 Å². The van der Waals surface area contributed by atoms with Gasteiger partial charge in [0.2, 0.25) is 0 Å². The summed E-state index contributed by atoms with van der Waals surface area (Å²) in [6.45, 7) is 0.262. The molecule has 0 spiro atoms. The summed E-state index contributed by atoms with van der Waals surface area (Å²) in [5.41, 5.74) is 0. The number of carbonyl (C=O) groups is 2. The highest BCUT2D eigenvalue weighted by Crippen LogP contribution is 1.88. The summed E-state index contributed by atoms with van der Waals surface area (Å²) < 4.78 is 9.30. The molecule has 4 nitrogen and oxygen atoms in total. The SMILES string of the molecule is C#CCCOC(=O)C=CC(=O)OCCC#C. The number of hydrogen-bond acceptors (Lipinski definition) is 4. The topological polar surface area (TPSA) is 52.6 Å². The van der Waals surface area contributed by atoms with Crippen LogP contribution in [0.1, 0.15) is 12.8 Å². The summed E-state index contributed by atoms with van der Waals surface area (Å²) in [4.78, 5) is 21.9. The van der Waals surface area contributed by atoms with Crippen LogP contribution in [0.3, 0.4) is 0 Å². The third-order valence-electron chi connectivity index (χ3n) is 1.34. The number of hydrogen-bond donors (Lipinski definition) is 0. The summed E-state index contributed by atoms with van der Waals surface area (Å²) in [6, 6.07) is 0. The molecule has 0 radical (unpaired) electrons. The first-order chi connectivity index (χ1) is 7.70. The standard InChI is InChI=1S/C12H12O4/c1-3-5-9-15-11(13)7-8-12(14)16-10-6-4-2/h1-2,7-8H,5-6,9-10H2. The van der Waals surface area contributed by atoms with Crippen molar-refractivity contribution in [3.05, 3.63) is 12.2 Å². The van der Waals surface area contributed by atoms with Crippen LogP contribution in [0, 0.1) is 24.7 Å². The lowest BCUT2D eigenvalue weighted by Crippen LogP contribution is -2.05. The van der Waals surface area contributed by atoms with Gasteiger partial charge in [0.15, 0.2) is 0 Å². The third kappa shape index (κ3) is 8.40. The minimum absolute atomic E-state index is 0.131. The van der Waals surface area contributed by atoms with Gasteiger partial charge in [-0.25, -0.2) is 9.59 Å². The summed E-state index contributed by atoms with van der Waals surface area (Å²) >= 11 is 0. The average molecular weight is 220 g/mol. The van der Waals surface area contributed by atoms with E-state index in [0.717, 1.165) is 12.2 Å². The smallest absolute Gasteiger partial charge is 0.331 e. The summed E-state index contributed by atoms with van der Waals surface area (Å²) in [7, 11) is 0. The second-order valence-electron chi connectivity index (χ2n) is 2.58. The molecule has 0 aromatic rings. The van der Waals surface area contributed by atoms with Crippen molar-refractivity contribution in [1.82, 2.24) is 0 Å². The van der Waals surface area contributed by atoms with Crippen LogP contribution >= 0.6 is 0 Å². The first-order valence-corrected chi connectivity index (χ1v) is 4.59. The zero-order valence-electron chi connectivity index (χ0n) is 8.77. The molecule has 84 valence electrons. The molecule has 0 aromatic heterocycles.